The number of rotatable bonds is 3. The maximum absolute atomic E-state index is 13.9. The Morgan fingerprint density at radius 2 is 1.86 bits per heavy atom. The van der Waals surface area contributed by atoms with Crippen LogP contribution in [0.4, 0.5) is 14.5 Å². The van der Waals surface area contributed by atoms with Gasteiger partial charge in [0, 0.05) is 4.47 Å². The second-order valence-corrected chi connectivity index (χ2v) is 7.21. The number of sulfonamides is 1. The predicted octanol–water partition coefficient (Wildman–Crippen LogP) is 4.49. The van der Waals surface area contributed by atoms with Gasteiger partial charge in [0.2, 0.25) is 0 Å². The molecule has 0 bridgehead atoms. The van der Waals surface area contributed by atoms with Gasteiger partial charge in [0.1, 0.15) is 16.4 Å². The minimum atomic E-state index is -4.21. The molecule has 21 heavy (non-hydrogen) atoms. The molecule has 112 valence electrons. The average molecular weight is 397 g/mol. The van der Waals surface area contributed by atoms with Gasteiger partial charge in [-0.2, -0.15) is 0 Å². The Bertz CT molecular complexity index is 812. The van der Waals surface area contributed by atoms with Gasteiger partial charge in [0.25, 0.3) is 10.0 Å². The number of halogens is 4. The summed E-state index contributed by atoms with van der Waals surface area (Å²) in [6.45, 7) is 1.40. The predicted molar refractivity (Wildman–Crippen MR) is 81.1 cm³/mol. The van der Waals surface area contributed by atoms with E-state index in [1.165, 1.54) is 31.2 Å². The zero-order valence-electron chi connectivity index (χ0n) is 10.6. The second kappa shape index (κ2) is 5.90. The molecule has 0 radical (unpaired) electrons. The third kappa shape index (κ3) is 3.36. The molecule has 0 amide bonds. The molecule has 1 N–H and O–H groups in total. The van der Waals surface area contributed by atoms with E-state index in [0.29, 0.717) is 4.47 Å². The minimum absolute atomic E-state index is 0.0645. The van der Waals surface area contributed by atoms with Crippen LogP contribution in [0.1, 0.15) is 5.56 Å². The summed E-state index contributed by atoms with van der Waals surface area (Å²) >= 11 is 9.00. The monoisotopic (exact) mass is 395 g/mol. The maximum atomic E-state index is 13.9. The topological polar surface area (TPSA) is 46.2 Å². The van der Waals surface area contributed by atoms with Crippen molar-refractivity contribution in [2.24, 2.45) is 0 Å². The number of anilines is 1. The van der Waals surface area contributed by atoms with Crippen LogP contribution in [0.15, 0.2) is 39.7 Å². The van der Waals surface area contributed by atoms with E-state index in [1.807, 2.05) is 4.72 Å². The fraction of sp³-hybridized carbons (Fsp3) is 0.0769. The molecule has 2 rings (SSSR count). The van der Waals surface area contributed by atoms with E-state index in [-0.39, 0.29) is 15.5 Å². The largest absolute Gasteiger partial charge is 0.274 e. The van der Waals surface area contributed by atoms with Crippen LogP contribution < -0.4 is 4.72 Å². The smallest absolute Gasteiger partial charge is 0.263 e. The number of nitrogens with one attached hydrogen (secondary N) is 1. The lowest BCUT2D eigenvalue weighted by molar-refractivity contribution is 0.579. The van der Waals surface area contributed by atoms with Crippen LogP contribution in [0.25, 0.3) is 0 Å². The van der Waals surface area contributed by atoms with Crippen LogP contribution in [-0.2, 0) is 10.0 Å². The van der Waals surface area contributed by atoms with E-state index in [9.17, 15) is 17.2 Å². The molecule has 0 heterocycles. The van der Waals surface area contributed by atoms with Crippen molar-refractivity contribution in [3.8, 4) is 0 Å². The summed E-state index contributed by atoms with van der Waals surface area (Å²) in [6.07, 6.45) is 0. The molecule has 8 heteroatoms. The summed E-state index contributed by atoms with van der Waals surface area (Å²) < 4.78 is 54.4. The molecular formula is C13H9BrClF2NO2S. The normalized spacial score (nSPS) is 11.5. The summed E-state index contributed by atoms with van der Waals surface area (Å²) in [5.41, 5.74) is -0.606. The molecule has 3 nitrogen and oxygen atoms in total. The molecule has 0 saturated carbocycles. The summed E-state index contributed by atoms with van der Waals surface area (Å²) in [5.74, 6) is -1.97. The fourth-order valence-corrected chi connectivity index (χ4v) is 3.74. The van der Waals surface area contributed by atoms with Gasteiger partial charge in [-0.25, -0.2) is 17.2 Å². The number of hydrogen-bond donors (Lipinski definition) is 1. The van der Waals surface area contributed by atoms with Crippen LogP contribution in [0.3, 0.4) is 0 Å². The molecule has 0 unspecified atom stereocenters. The average Bonchev–Trinajstić information content (AvgIpc) is 2.39. The lowest BCUT2D eigenvalue weighted by Crippen LogP contribution is -2.16. The number of benzene rings is 2. The van der Waals surface area contributed by atoms with E-state index in [4.69, 9.17) is 11.6 Å². The number of hydrogen-bond acceptors (Lipinski definition) is 2. The van der Waals surface area contributed by atoms with Gasteiger partial charge in [0.05, 0.1) is 5.02 Å². The maximum Gasteiger partial charge on any atom is 0.263 e. The van der Waals surface area contributed by atoms with Crippen LogP contribution in [0, 0.1) is 18.6 Å². The molecule has 0 aliphatic rings. The standard InChI is InChI=1S/C13H9BrClF2NO2S/c1-7-2-4-10(16)13(12(7)17)18-21(19,20)11-5-3-8(14)6-9(11)15/h2-6,18H,1H3. The van der Waals surface area contributed by atoms with Gasteiger partial charge in [-0.15, -0.1) is 0 Å². The summed E-state index contributed by atoms with van der Waals surface area (Å²) in [5, 5.41) is -0.0645. The van der Waals surface area contributed by atoms with Gasteiger partial charge in [0.15, 0.2) is 5.82 Å². The van der Waals surface area contributed by atoms with E-state index in [0.717, 1.165) is 6.07 Å². The zero-order valence-corrected chi connectivity index (χ0v) is 13.8. The highest BCUT2D eigenvalue weighted by Crippen LogP contribution is 2.29. The van der Waals surface area contributed by atoms with E-state index in [2.05, 4.69) is 15.9 Å². The van der Waals surface area contributed by atoms with Crippen molar-refractivity contribution >= 4 is 43.2 Å². The molecule has 0 spiro atoms. The molecule has 0 aliphatic carbocycles. The fourth-order valence-electron chi connectivity index (χ4n) is 1.63. The van der Waals surface area contributed by atoms with E-state index >= 15 is 0 Å². The van der Waals surface area contributed by atoms with Crippen LogP contribution in [0.2, 0.25) is 5.02 Å². The van der Waals surface area contributed by atoms with Crippen molar-refractivity contribution in [1.29, 1.82) is 0 Å². The summed E-state index contributed by atoms with van der Waals surface area (Å²) in [7, 11) is -4.21. The molecule has 2 aromatic carbocycles. The lowest BCUT2D eigenvalue weighted by Gasteiger charge is -2.12. The summed E-state index contributed by atoms with van der Waals surface area (Å²) in [4.78, 5) is -0.271. The van der Waals surface area contributed by atoms with Crippen molar-refractivity contribution in [2.75, 3.05) is 4.72 Å². The third-order valence-electron chi connectivity index (χ3n) is 2.70. The summed E-state index contributed by atoms with van der Waals surface area (Å²) in [6, 6.07) is 6.28. The van der Waals surface area contributed by atoms with Gasteiger partial charge >= 0.3 is 0 Å². The van der Waals surface area contributed by atoms with Crippen molar-refractivity contribution in [3.05, 3.63) is 57.0 Å². The van der Waals surface area contributed by atoms with E-state index in [1.54, 1.807) is 0 Å². The van der Waals surface area contributed by atoms with Gasteiger partial charge in [-0.1, -0.05) is 33.6 Å². The van der Waals surface area contributed by atoms with Gasteiger partial charge in [-0.3, -0.25) is 4.72 Å². The Morgan fingerprint density at radius 1 is 1.19 bits per heavy atom. The minimum Gasteiger partial charge on any atom is -0.274 e. The highest BCUT2D eigenvalue weighted by Gasteiger charge is 2.22. The Kier molecular flexibility index (Phi) is 4.55. The Balaban J connectivity index is 2.50. The van der Waals surface area contributed by atoms with Gasteiger partial charge < -0.3 is 0 Å². The Hall–Kier alpha value is -1.18. The van der Waals surface area contributed by atoms with Crippen LogP contribution >= 0.6 is 27.5 Å². The Labute approximate surface area is 134 Å². The highest BCUT2D eigenvalue weighted by atomic mass is 79.9. The molecule has 0 atom stereocenters. The molecule has 0 aromatic heterocycles. The van der Waals surface area contributed by atoms with Gasteiger partial charge in [-0.05, 0) is 36.8 Å². The first-order valence-electron chi connectivity index (χ1n) is 5.65. The quantitative estimate of drug-likeness (QED) is 0.831. The van der Waals surface area contributed by atoms with Crippen molar-refractivity contribution in [2.45, 2.75) is 11.8 Å². The molecule has 0 aliphatic heterocycles. The lowest BCUT2D eigenvalue weighted by atomic mass is 10.2. The van der Waals surface area contributed by atoms with Crippen LogP contribution in [-0.4, -0.2) is 8.42 Å². The molecule has 0 saturated heterocycles. The van der Waals surface area contributed by atoms with E-state index < -0.39 is 27.3 Å². The molecular weight excluding hydrogens is 388 g/mol. The van der Waals surface area contributed by atoms with Crippen molar-refractivity contribution < 1.29 is 17.2 Å². The van der Waals surface area contributed by atoms with Crippen molar-refractivity contribution in [1.82, 2.24) is 0 Å². The number of aryl methyl sites for hydroxylation is 1. The van der Waals surface area contributed by atoms with Crippen LogP contribution in [0.5, 0.6) is 0 Å². The first kappa shape index (κ1) is 16.2. The van der Waals surface area contributed by atoms with Crippen molar-refractivity contribution in [3.63, 3.8) is 0 Å². The first-order valence-corrected chi connectivity index (χ1v) is 8.30. The first-order chi connectivity index (χ1) is 9.72. The Morgan fingerprint density at radius 3 is 2.48 bits per heavy atom. The molecule has 2 aromatic rings. The second-order valence-electron chi connectivity index (χ2n) is 4.23. The third-order valence-corrected chi connectivity index (χ3v) is 5.03. The highest BCUT2D eigenvalue weighted by molar-refractivity contribution is 9.10. The molecule has 0 fully saturated rings. The SMILES string of the molecule is Cc1ccc(F)c(NS(=O)(=O)c2ccc(Br)cc2Cl)c1F. The zero-order chi connectivity index (χ0) is 15.8.